The third-order valence-corrected chi connectivity index (χ3v) is 3.34. The number of piperidine rings is 1. The van der Waals surface area contributed by atoms with Gasteiger partial charge in [-0.2, -0.15) is 0 Å². The maximum Gasteiger partial charge on any atom is 0.107 e. The van der Waals surface area contributed by atoms with Crippen molar-refractivity contribution in [2.45, 2.75) is 25.8 Å². The van der Waals surface area contributed by atoms with Gasteiger partial charge in [0.05, 0.1) is 11.7 Å². The number of imidazole rings is 1. The molecule has 4 nitrogen and oxygen atoms in total. The third-order valence-electron chi connectivity index (χ3n) is 3.34. The number of fused-ring (bicyclic) bond motifs is 1. The van der Waals surface area contributed by atoms with Gasteiger partial charge >= 0.3 is 0 Å². The van der Waals surface area contributed by atoms with E-state index in [9.17, 15) is 0 Å². The van der Waals surface area contributed by atoms with E-state index in [0.29, 0.717) is 6.04 Å². The van der Waals surface area contributed by atoms with E-state index in [1.165, 1.54) is 18.4 Å². The van der Waals surface area contributed by atoms with E-state index in [1.807, 2.05) is 12.4 Å². The molecule has 0 unspecified atom stereocenters. The van der Waals surface area contributed by atoms with Crippen molar-refractivity contribution in [3.8, 4) is 0 Å². The van der Waals surface area contributed by atoms with Gasteiger partial charge in [-0.25, -0.2) is 4.98 Å². The number of nitrogens with one attached hydrogen (secondary N) is 1. The van der Waals surface area contributed by atoms with Gasteiger partial charge in [0, 0.05) is 12.2 Å². The van der Waals surface area contributed by atoms with Crippen LogP contribution in [0.3, 0.4) is 0 Å². The SMILES string of the molecule is Cc1nc2cnccc2n1C1CCNCC1. The summed E-state index contributed by atoms with van der Waals surface area (Å²) in [6, 6.07) is 2.66. The lowest BCUT2D eigenvalue weighted by Gasteiger charge is -2.25. The highest BCUT2D eigenvalue weighted by molar-refractivity contribution is 5.74. The van der Waals surface area contributed by atoms with Gasteiger partial charge < -0.3 is 9.88 Å². The predicted molar refractivity (Wildman–Crippen MR) is 63.4 cm³/mol. The predicted octanol–water partition coefficient (Wildman–Crippen LogP) is 1.66. The van der Waals surface area contributed by atoms with Crippen molar-refractivity contribution in [1.29, 1.82) is 0 Å². The van der Waals surface area contributed by atoms with Gasteiger partial charge in [0.15, 0.2) is 0 Å². The minimum atomic E-state index is 0.591. The van der Waals surface area contributed by atoms with Gasteiger partial charge in [-0.15, -0.1) is 0 Å². The molecular formula is C12H16N4. The Morgan fingerprint density at radius 1 is 1.38 bits per heavy atom. The summed E-state index contributed by atoms with van der Waals surface area (Å²) in [6.45, 7) is 4.30. The van der Waals surface area contributed by atoms with Crippen molar-refractivity contribution < 1.29 is 0 Å². The topological polar surface area (TPSA) is 42.7 Å². The molecule has 0 atom stereocenters. The number of hydrogen-bond acceptors (Lipinski definition) is 3. The lowest BCUT2D eigenvalue weighted by molar-refractivity contribution is 0.370. The van der Waals surface area contributed by atoms with Gasteiger partial charge in [-0.1, -0.05) is 0 Å². The van der Waals surface area contributed by atoms with Crippen molar-refractivity contribution in [2.24, 2.45) is 0 Å². The van der Waals surface area contributed by atoms with Crippen molar-refractivity contribution in [3.05, 3.63) is 24.3 Å². The van der Waals surface area contributed by atoms with Crippen LogP contribution in [0.1, 0.15) is 24.7 Å². The molecule has 1 fully saturated rings. The zero-order valence-corrected chi connectivity index (χ0v) is 9.48. The number of aromatic nitrogens is 3. The Hall–Kier alpha value is -1.42. The second kappa shape index (κ2) is 3.87. The van der Waals surface area contributed by atoms with Crippen molar-refractivity contribution in [1.82, 2.24) is 19.9 Å². The maximum atomic E-state index is 4.57. The third kappa shape index (κ3) is 1.50. The van der Waals surface area contributed by atoms with E-state index in [-0.39, 0.29) is 0 Å². The van der Waals surface area contributed by atoms with Crippen LogP contribution in [0.5, 0.6) is 0 Å². The molecule has 1 aliphatic heterocycles. The summed E-state index contributed by atoms with van der Waals surface area (Å²) in [5.41, 5.74) is 2.23. The molecule has 1 N–H and O–H groups in total. The molecule has 3 rings (SSSR count). The van der Waals surface area contributed by atoms with Crippen LogP contribution in [-0.4, -0.2) is 27.6 Å². The van der Waals surface area contributed by atoms with Crippen molar-refractivity contribution in [3.63, 3.8) is 0 Å². The number of rotatable bonds is 1. The van der Waals surface area contributed by atoms with Gasteiger partial charge in [-0.3, -0.25) is 4.98 Å². The highest BCUT2D eigenvalue weighted by Gasteiger charge is 2.19. The zero-order chi connectivity index (χ0) is 11.0. The van der Waals surface area contributed by atoms with E-state index >= 15 is 0 Å². The van der Waals surface area contributed by atoms with E-state index in [1.54, 1.807) is 0 Å². The van der Waals surface area contributed by atoms with Gasteiger partial charge in [0.1, 0.15) is 11.3 Å². The van der Waals surface area contributed by atoms with E-state index in [2.05, 4.69) is 32.8 Å². The lowest BCUT2D eigenvalue weighted by atomic mass is 10.1. The van der Waals surface area contributed by atoms with Crippen molar-refractivity contribution in [2.75, 3.05) is 13.1 Å². The van der Waals surface area contributed by atoms with E-state index in [4.69, 9.17) is 0 Å². The molecule has 4 heteroatoms. The number of pyridine rings is 1. The molecule has 2 aromatic heterocycles. The van der Waals surface area contributed by atoms with E-state index < -0.39 is 0 Å². The Labute approximate surface area is 94.7 Å². The van der Waals surface area contributed by atoms with Gasteiger partial charge in [0.2, 0.25) is 0 Å². The first kappa shape index (κ1) is 9.78. The molecule has 0 spiro atoms. The largest absolute Gasteiger partial charge is 0.325 e. The minimum Gasteiger partial charge on any atom is -0.325 e. The van der Waals surface area contributed by atoms with Gasteiger partial charge in [0.25, 0.3) is 0 Å². The zero-order valence-electron chi connectivity index (χ0n) is 9.48. The van der Waals surface area contributed by atoms with Crippen molar-refractivity contribution >= 4 is 11.0 Å². The number of aryl methyl sites for hydroxylation is 1. The molecule has 0 bridgehead atoms. The second-order valence-corrected chi connectivity index (χ2v) is 4.37. The molecule has 1 saturated heterocycles. The average molecular weight is 216 g/mol. The molecule has 0 saturated carbocycles. The first-order valence-electron chi connectivity index (χ1n) is 5.85. The maximum absolute atomic E-state index is 4.57. The average Bonchev–Trinajstić information content (AvgIpc) is 2.66. The Bertz CT molecular complexity index is 497. The molecule has 0 radical (unpaired) electrons. The summed E-state index contributed by atoms with van der Waals surface area (Å²) >= 11 is 0. The first-order valence-corrected chi connectivity index (χ1v) is 5.85. The van der Waals surface area contributed by atoms with Crippen LogP contribution in [0.15, 0.2) is 18.5 Å². The normalized spacial score (nSPS) is 18.1. The van der Waals surface area contributed by atoms with Crippen LogP contribution in [0.4, 0.5) is 0 Å². The second-order valence-electron chi connectivity index (χ2n) is 4.37. The molecule has 0 aliphatic carbocycles. The number of hydrogen-bond donors (Lipinski definition) is 1. The van der Waals surface area contributed by atoms with Crippen LogP contribution in [0.2, 0.25) is 0 Å². The molecule has 0 aromatic carbocycles. The van der Waals surface area contributed by atoms with Crippen LogP contribution < -0.4 is 5.32 Å². The fraction of sp³-hybridized carbons (Fsp3) is 0.500. The minimum absolute atomic E-state index is 0.591. The quantitative estimate of drug-likeness (QED) is 0.788. The highest BCUT2D eigenvalue weighted by atomic mass is 15.1. The first-order chi connectivity index (χ1) is 7.86. The lowest BCUT2D eigenvalue weighted by Crippen LogP contribution is -2.29. The molecule has 3 heterocycles. The standard InChI is InChI=1S/C12H16N4/c1-9-15-11-8-14-7-4-12(11)16(9)10-2-5-13-6-3-10/h4,7-8,10,13H,2-3,5-6H2,1H3. The van der Waals surface area contributed by atoms with Crippen LogP contribution in [-0.2, 0) is 0 Å². The summed E-state index contributed by atoms with van der Waals surface area (Å²) < 4.78 is 2.37. The Morgan fingerprint density at radius 2 is 2.19 bits per heavy atom. The van der Waals surface area contributed by atoms with Crippen LogP contribution in [0.25, 0.3) is 11.0 Å². The summed E-state index contributed by atoms with van der Waals surface area (Å²) in [6.07, 6.45) is 6.07. The fourth-order valence-corrected chi connectivity index (χ4v) is 2.60. The van der Waals surface area contributed by atoms with Gasteiger partial charge in [-0.05, 0) is 38.9 Å². The monoisotopic (exact) mass is 216 g/mol. The van der Waals surface area contributed by atoms with Crippen LogP contribution in [0, 0.1) is 6.92 Å². The molecule has 1 aliphatic rings. The smallest absolute Gasteiger partial charge is 0.107 e. The molecule has 0 amide bonds. The summed E-state index contributed by atoms with van der Waals surface area (Å²) in [4.78, 5) is 8.69. The number of nitrogens with zero attached hydrogens (tertiary/aromatic N) is 3. The summed E-state index contributed by atoms with van der Waals surface area (Å²) in [5, 5.41) is 3.40. The summed E-state index contributed by atoms with van der Waals surface area (Å²) in [7, 11) is 0. The molecule has 2 aromatic rings. The Morgan fingerprint density at radius 3 is 3.00 bits per heavy atom. The van der Waals surface area contributed by atoms with Crippen LogP contribution >= 0.6 is 0 Å². The van der Waals surface area contributed by atoms with E-state index in [0.717, 1.165) is 24.4 Å². The molecular weight excluding hydrogens is 200 g/mol. The highest BCUT2D eigenvalue weighted by Crippen LogP contribution is 2.25. The molecule has 16 heavy (non-hydrogen) atoms. The Kier molecular flexibility index (Phi) is 2.36. The fourth-order valence-electron chi connectivity index (χ4n) is 2.60. The summed E-state index contributed by atoms with van der Waals surface area (Å²) in [5.74, 6) is 1.11. The Balaban J connectivity index is 2.10. The molecule has 84 valence electrons.